The second kappa shape index (κ2) is 6.00. The molecule has 4 N–H and O–H groups in total. The van der Waals surface area contributed by atoms with Crippen LogP contribution >= 0.6 is 0 Å². The minimum Gasteiger partial charge on any atom is -0.365 e. The summed E-state index contributed by atoms with van der Waals surface area (Å²) in [6.07, 6.45) is 4.42. The topological polar surface area (TPSA) is 101 Å². The van der Waals surface area contributed by atoms with Crippen LogP contribution in [0.3, 0.4) is 0 Å². The third-order valence-corrected chi connectivity index (χ3v) is 3.89. The number of H-pyrrole nitrogens is 1. The van der Waals surface area contributed by atoms with Crippen LogP contribution in [0, 0.1) is 6.92 Å². The fourth-order valence-electron chi connectivity index (χ4n) is 2.67. The third-order valence-electron chi connectivity index (χ3n) is 3.89. The number of rotatable bonds is 4. The normalized spacial score (nSPS) is 10.5. The van der Waals surface area contributed by atoms with Crippen LogP contribution in [0.2, 0.25) is 0 Å². The molecule has 0 saturated heterocycles. The number of hydrogen-bond donors (Lipinski definition) is 3. The maximum atomic E-state index is 11.6. The number of carbonyl (C=O) groups is 2. The first-order chi connectivity index (χ1) is 11.5. The summed E-state index contributed by atoms with van der Waals surface area (Å²) in [5.41, 5.74) is 9.50. The highest BCUT2D eigenvalue weighted by atomic mass is 16.1. The predicted octanol–water partition coefficient (Wildman–Crippen LogP) is 2.76. The van der Waals surface area contributed by atoms with E-state index in [0.29, 0.717) is 22.5 Å². The van der Waals surface area contributed by atoms with E-state index in [2.05, 4.69) is 21.9 Å². The monoisotopic (exact) mass is 320 g/mol. The molecule has 120 valence electrons. The zero-order valence-electron chi connectivity index (χ0n) is 13.1. The van der Waals surface area contributed by atoms with Gasteiger partial charge in [-0.15, -0.1) is 0 Å². The molecule has 3 aromatic rings. The highest BCUT2D eigenvalue weighted by molar-refractivity contribution is 6.08. The van der Waals surface area contributed by atoms with Gasteiger partial charge in [-0.3, -0.25) is 14.6 Å². The first-order valence-corrected chi connectivity index (χ1v) is 7.32. The Labute approximate surface area is 138 Å². The Hall–Kier alpha value is -3.41. The molecule has 0 unspecified atom stereocenters. The van der Waals surface area contributed by atoms with Gasteiger partial charge in [-0.05, 0) is 30.7 Å². The number of pyridine rings is 1. The number of hydrogen-bond acceptors (Lipinski definition) is 3. The highest BCUT2D eigenvalue weighted by Crippen LogP contribution is 2.33. The van der Waals surface area contributed by atoms with Gasteiger partial charge in [0.2, 0.25) is 5.91 Å². The van der Waals surface area contributed by atoms with Gasteiger partial charge in [0.25, 0.3) is 5.91 Å². The van der Waals surface area contributed by atoms with E-state index in [4.69, 9.17) is 5.73 Å². The van der Waals surface area contributed by atoms with Crippen molar-refractivity contribution in [1.29, 1.82) is 0 Å². The van der Waals surface area contributed by atoms with Crippen LogP contribution in [-0.2, 0) is 4.79 Å². The summed E-state index contributed by atoms with van der Waals surface area (Å²) in [6, 6.07) is 7.41. The number of aromatic amines is 1. The minimum absolute atomic E-state index is 0.279. The van der Waals surface area contributed by atoms with Gasteiger partial charge in [-0.1, -0.05) is 18.7 Å². The van der Waals surface area contributed by atoms with Gasteiger partial charge in [-0.25, -0.2) is 0 Å². The fraction of sp³-hybridized carbons (Fsp3) is 0.0556. The molecule has 1 aromatic carbocycles. The predicted molar refractivity (Wildman–Crippen MR) is 93.6 cm³/mol. The van der Waals surface area contributed by atoms with Gasteiger partial charge in [-0.2, -0.15) is 0 Å². The summed E-state index contributed by atoms with van der Waals surface area (Å²) in [7, 11) is 0. The number of nitrogens with two attached hydrogens (primary N) is 1. The number of aromatic nitrogens is 2. The number of fused-ring (bicyclic) bond motifs is 1. The molecule has 0 atom stereocenters. The van der Waals surface area contributed by atoms with Crippen LogP contribution in [0.5, 0.6) is 0 Å². The van der Waals surface area contributed by atoms with Crippen molar-refractivity contribution in [3.8, 4) is 11.3 Å². The summed E-state index contributed by atoms with van der Waals surface area (Å²) in [5.74, 6) is -0.815. The number of nitrogens with one attached hydrogen (secondary N) is 2. The van der Waals surface area contributed by atoms with Crippen molar-refractivity contribution in [3.63, 3.8) is 0 Å². The number of primary amides is 1. The fourth-order valence-corrected chi connectivity index (χ4v) is 2.67. The molecule has 0 spiro atoms. The SMILES string of the molecule is C=CC(=O)Nc1cccc(-c2ncc(C(N)=O)c3[nH]ccc23)c1C. The third kappa shape index (κ3) is 2.54. The second-order valence-electron chi connectivity index (χ2n) is 5.32. The van der Waals surface area contributed by atoms with Crippen LogP contribution in [0.25, 0.3) is 22.2 Å². The number of amides is 2. The number of anilines is 1. The largest absolute Gasteiger partial charge is 0.365 e. The van der Waals surface area contributed by atoms with E-state index in [1.165, 1.54) is 12.3 Å². The Bertz CT molecular complexity index is 972. The molecule has 2 aromatic heterocycles. The minimum atomic E-state index is -0.537. The molecular formula is C18H16N4O2. The van der Waals surface area contributed by atoms with Gasteiger partial charge >= 0.3 is 0 Å². The summed E-state index contributed by atoms with van der Waals surface area (Å²) < 4.78 is 0. The van der Waals surface area contributed by atoms with Crippen molar-refractivity contribution in [1.82, 2.24) is 9.97 Å². The highest BCUT2D eigenvalue weighted by Gasteiger charge is 2.16. The van der Waals surface area contributed by atoms with Gasteiger partial charge < -0.3 is 16.0 Å². The lowest BCUT2D eigenvalue weighted by Crippen LogP contribution is -2.12. The zero-order valence-corrected chi connectivity index (χ0v) is 13.1. The Balaban J connectivity index is 2.18. The Morgan fingerprint density at radius 2 is 2.12 bits per heavy atom. The van der Waals surface area contributed by atoms with Crippen molar-refractivity contribution >= 4 is 28.4 Å². The second-order valence-corrected chi connectivity index (χ2v) is 5.32. The molecule has 0 aliphatic rings. The smallest absolute Gasteiger partial charge is 0.252 e. The number of benzene rings is 1. The van der Waals surface area contributed by atoms with Gasteiger partial charge in [0.15, 0.2) is 0 Å². The Morgan fingerprint density at radius 3 is 2.83 bits per heavy atom. The molecule has 0 radical (unpaired) electrons. The molecule has 3 rings (SSSR count). The lowest BCUT2D eigenvalue weighted by Gasteiger charge is -2.12. The number of carbonyl (C=O) groups excluding carboxylic acids is 2. The average Bonchev–Trinajstić information content (AvgIpc) is 3.05. The maximum Gasteiger partial charge on any atom is 0.252 e. The summed E-state index contributed by atoms with van der Waals surface area (Å²) in [5, 5.41) is 3.57. The van der Waals surface area contributed by atoms with E-state index < -0.39 is 5.91 Å². The molecule has 0 fully saturated rings. The van der Waals surface area contributed by atoms with Crippen LogP contribution in [0.1, 0.15) is 15.9 Å². The van der Waals surface area contributed by atoms with Crippen molar-refractivity contribution in [2.24, 2.45) is 5.73 Å². The van der Waals surface area contributed by atoms with E-state index in [0.717, 1.165) is 16.5 Å². The van der Waals surface area contributed by atoms with E-state index in [9.17, 15) is 9.59 Å². The molecule has 0 aliphatic carbocycles. The van der Waals surface area contributed by atoms with Gasteiger partial charge in [0.1, 0.15) is 0 Å². The van der Waals surface area contributed by atoms with Crippen molar-refractivity contribution in [2.45, 2.75) is 6.92 Å². The number of nitrogens with zero attached hydrogens (tertiary/aromatic N) is 1. The lowest BCUT2D eigenvalue weighted by atomic mass is 10.00. The summed E-state index contributed by atoms with van der Waals surface area (Å²) in [6.45, 7) is 5.35. The van der Waals surface area contributed by atoms with Crippen LogP contribution in [0.15, 0.2) is 49.3 Å². The molecule has 2 amide bonds. The molecule has 0 bridgehead atoms. The zero-order chi connectivity index (χ0) is 17.3. The van der Waals surface area contributed by atoms with Crippen molar-refractivity contribution in [2.75, 3.05) is 5.32 Å². The van der Waals surface area contributed by atoms with Gasteiger partial charge in [0, 0.05) is 29.0 Å². The van der Waals surface area contributed by atoms with Crippen LogP contribution < -0.4 is 11.1 Å². The van der Waals surface area contributed by atoms with E-state index in [-0.39, 0.29) is 5.91 Å². The standard InChI is InChI=1S/C18H16N4O2/c1-3-15(23)22-14-6-4-5-11(10(14)2)16-12-7-8-20-17(12)13(9-21-16)18(19)24/h3-9,20H,1H2,2H3,(H2,19,24)(H,22,23). The van der Waals surface area contributed by atoms with Crippen LogP contribution in [-0.4, -0.2) is 21.8 Å². The van der Waals surface area contributed by atoms with Crippen LogP contribution in [0.4, 0.5) is 5.69 Å². The average molecular weight is 320 g/mol. The molecule has 0 aliphatic heterocycles. The van der Waals surface area contributed by atoms with Crippen molar-refractivity contribution < 1.29 is 9.59 Å². The molecule has 6 heteroatoms. The van der Waals surface area contributed by atoms with E-state index in [1.54, 1.807) is 6.20 Å². The maximum absolute atomic E-state index is 11.6. The van der Waals surface area contributed by atoms with Gasteiger partial charge in [0.05, 0.1) is 16.8 Å². The first-order valence-electron chi connectivity index (χ1n) is 7.32. The molecule has 24 heavy (non-hydrogen) atoms. The summed E-state index contributed by atoms with van der Waals surface area (Å²) in [4.78, 5) is 30.6. The molecule has 0 saturated carbocycles. The Morgan fingerprint density at radius 1 is 1.33 bits per heavy atom. The molecule has 2 heterocycles. The summed E-state index contributed by atoms with van der Waals surface area (Å²) >= 11 is 0. The van der Waals surface area contributed by atoms with E-state index in [1.807, 2.05) is 31.2 Å². The van der Waals surface area contributed by atoms with Crippen molar-refractivity contribution in [3.05, 3.63) is 60.4 Å². The molecular weight excluding hydrogens is 304 g/mol. The first kappa shape index (κ1) is 15.5. The quantitative estimate of drug-likeness (QED) is 0.644. The molecule has 6 nitrogen and oxygen atoms in total. The Kier molecular flexibility index (Phi) is 3.87. The van der Waals surface area contributed by atoms with E-state index >= 15 is 0 Å². The lowest BCUT2D eigenvalue weighted by molar-refractivity contribution is -0.111.